The Labute approximate surface area is 238 Å². The van der Waals surface area contributed by atoms with E-state index >= 15 is 0 Å². The Morgan fingerprint density at radius 3 is 2.40 bits per heavy atom. The maximum absolute atomic E-state index is 13.6. The van der Waals surface area contributed by atoms with Crippen LogP contribution in [0.25, 0.3) is 10.2 Å². The molecule has 2 N–H and O–H groups in total. The van der Waals surface area contributed by atoms with Gasteiger partial charge in [-0.1, -0.05) is 24.3 Å². The van der Waals surface area contributed by atoms with Crippen LogP contribution in [-0.2, 0) is 39.0 Å². The normalized spacial score (nSPS) is 17.7. The van der Waals surface area contributed by atoms with Crippen LogP contribution in [0, 0.1) is 5.41 Å². The van der Waals surface area contributed by atoms with Crippen molar-refractivity contribution in [2.45, 2.75) is 49.6 Å². The molecule has 0 spiro atoms. The number of aliphatic carboxylic acids is 1. The van der Waals surface area contributed by atoms with Crippen molar-refractivity contribution in [1.82, 2.24) is 19.5 Å². The third kappa shape index (κ3) is 5.45. The first-order valence-corrected chi connectivity index (χ1v) is 15.5. The highest BCUT2D eigenvalue weighted by Gasteiger charge is 2.45. The van der Waals surface area contributed by atoms with Crippen LogP contribution in [0.1, 0.15) is 35.4 Å². The maximum Gasteiger partial charge on any atom is 0.304 e. The zero-order chi connectivity index (χ0) is 28.7. The fourth-order valence-corrected chi connectivity index (χ4v) is 8.40. The summed E-state index contributed by atoms with van der Waals surface area (Å²) in [6.45, 7) is 0.976. The summed E-state index contributed by atoms with van der Waals surface area (Å²) in [4.78, 5) is 31.9. The number of hydrogen-bond donors (Lipinski definition) is 2. The summed E-state index contributed by atoms with van der Waals surface area (Å²) < 4.78 is 34.9. The largest absolute Gasteiger partial charge is 0.495 e. The molecule has 2 aliphatic rings. The van der Waals surface area contributed by atoms with Crippen LogP contribution in [0.2, 0.25) is 0 Å². The molecule has 1 aliphatic carbocycles. The minimum atomic E-state index is -3.79. The van der Waals surface area contributed by atoms with Gasteiger partial charge in [0.2, 0.25) is 15.9 Å². The first kappa shape index (κ1) is 28.5. The lowest BCUT2D eigenvalue weighted by molar-refractivity contribution is -0.145. The van der Waals surface area contributed by atoms with Crippen LogP contribution < -0.4 is 10.1 Å². The van der Waals surface area contributed by atoms with E-state index in [4.69, 9.17) is 4.74 Å². The number of fused-ring (bicyclic) bond motifs is 2. The van der Waals surface area contributed by atoms with Crippen LogP contribution in [0.3, 0.4) is 0 Å². The molecule has 3 aromatic rings. The van der Waals surface area contributed by atoms with Gasteiger partial charge in [0.05, 0.1) is 35.7 Å². The number of methoxy groups -OCH3 is 1. The summed E-state index contributed by atoms with van der Waals surface area (Å²) in [7, 11) is 1.67. The number of carboxylic acids is 1. The molecule has 12 heteroatoms. The second-order valence-electron chi connectivity index (χ2n) is 10.8. The summed E-state index contributed by atoms with van der Waals surface area (Å²) >= 11 is 1.33. The molecule has 40 heavy (non-hydrogen) atoms. The molecule has 2 aromatic carbocycles. The van der Waals surface area contributed by atoms with Gasteiger partial charge in [-0.25, -0.2) is 13.4 Å². The highest BCUT2D eigenvalue weighted by Crippen LogP contribution is 2.40. The Balaban J connectivity index is 1.35. The molecule has 0 saturated carbocycles. The van der Waals surface area contributed by atoms with Crippen LogP contribution in [-0.4, -0.2) is 79.9 Å². The van der Waals surface area contributed by atoms with Crippen LogP contribution >= 0.6 is 11.3 Å². The van der Waals surface area contributed by atoms with E-state index in [1.54, 1.807) is 12.1 Å². The molecule has 1 amide bonds. The van der Waals surface area contributed by atoms with Gasteiger partial charge in [-0.2, -0.15) is 4.31 Å². The number of nitrogens with zero attached hydrogens (tertiary/aromatic N) is 3. The van der Waals surface area contributed by atoms with Gasteiger partial charge in [0, 0.05) is 25.2 Å². The topological polar surface area (TPSA) is 129 Å². The van der Waals surface area contributed by atoms with E-state index in [-0.39, 0.29) is 29.5 Å². The Morgan fingerprint density at radius 2 is 1.82 bits per heavy atom. The number of carboxylic acid groups (broad SMARTS) is 1. The van der Waals surface area contributed by atoms with E-state index < -0.39 is 21.4 Å². The monoisotopic (exact) mass is 586 g/mol. The lowest BCUT2D eigenvalue weighted by atomic mass is 9.80. The third-order valence-corrected chi connectivity index (χ3v) is 11.0. The summed E-state index contributed by atoms with van der Waals surface area (Å²) in [5.41, 5.74) is 1.43. The van der Waals surface area contributed by atoms with Crippen molar-refractivity contribution in [3.8, 4) is 5.75 Å². The first-order valence-electron chi connectivity index (χ1n) is 13.2. The van der Waals surface area contributed by atoms with Crippen molar-refractivity contribution in [3.63, 3.8) is 0 Å². The van der Waals surface area contributed by atoms with Crippen LogP contribution in [0.5, 0.6) is 5.75 Å². The van der Waals surface area contributed by atoms with Crippen LogP contribution in [0.4, 0.5) is 0 Å². The molecular weight excluding hydrogens is 552 g/mol. The number of hydrogen-bond acceptors (Lipinski definition) is 8. The quantitative estimate of drug-likeness (QED) is 0.392. The van der Waals surface area contributed by atoms with Crippen molar-refractivity contribution in [3.05, 3.63) is 52.5 Å². The van der Waals surface area contributed by atoms with E-state index in [1.165, 1.54) is 22.8 Å². The number of thiazole rings is 1. The summed E-state index contributed by atoms with van der Waals surface area (Å²) in [6.07, 6.45) is 1.98. The fourth-order valence-electron chi connectivity index (χ4n) is 5.85. The molecule has 0 atom stereocenters. The maximum atomic E-state index is 13.6. The van der Waals surface area contributed by atoms with E-state index in [2.05, 4.69) is 15.2 Å². The van der Waals surface area contributed by atoms with Crippen molar-refractivity contribution in [1.29, 1.82) is 0 Å². The second kappa shape index (κ2) is 11.1. The van der Waals surface area contributed by atoms with E-state index in [0.717, 1.165) is 28.7 Å². The molecule has 5 rings (SSSR count). The summed E-state index contributed by atoms with van der Waals surface area (Å²) in [5, 5.41) is 13.1. The Bertz CT molecular complexity index is 1520. The number of sulfonamides is 1. The van der Waals surface area contributed by atoms with Gasteiger partial charge in [-0.05, 0) is 57.0 Å². The Kier molecular flexibility index (Phi) is 7.88. The number of amides is 1. The molecule has 1 saturated heterocycles. The van der Waals surface area contributed by atoms with Crippen LogP contribution in [0.15, 0.2) is 41.3 Å². The zero-order valence-corrected chi connectivity index (χ0v) is 24.5. The smallest absolute Gasteiger partial charge is 0.304 e. The molecule has 214 valence electrons. The fraction of sp³-hybridized carbons (Fsp3) is 0.464. The molecule has 0 bridgehead atoms. The Hall–Kier alpha value is -3.06. The number of aromatic nitrogens is 1. The van der Waals surface area contributed by atoms with Crippen molar-refractivity contribution in [2.24, 2.45) is 5.41 Å². The average molecular weight is 587 g/mol. The number of nitrogens with one attached hydrogen (secondary N) is 1. The Morgan fingerprint density at radius 1 is 1.18 bits per heavy atom. The van der Waals surface area contributed by atoms with Crippen molar-refractivity contribution in [2.75, 3.05) is 34.3 Å². The number of rotatable bonds is 9. The second-order valence-corrected chi connectivity index (χ2v) is 13.9. The highest BCUT2D eigenvalue weighted by atomic mass is 32.2. The van der Waals surface area contributed by atoms with Gasteiger partial charge in [0.1, 0.15) is 15.7 Å². The van der Waals surface area contributed by atoms with Crippen molar-refractivity contribution >= 4 is 43.5 Å². The minimum absolute atomic E-state index is 0.0795. The van der Waals surface area contributed by atoms with E-state index in [0.29, 0.717) is 42.5 Å². The molecule has 1 aromatic heterocycles. The van der Waals surface area contributed by atoms with Crippen molar-refractivity contribution < 1.29 is 27.9 Å². The lowest BCUT2D eigenvalue weighted by Crippen LogP contribution is -2.44. The molecule has 10 nitrogen and oxygen atoms in total. The molecule has 0 unspecified atom stereocenters. The van der Waals surface area contributed by atoms with Gasteiger partial charge in [0.25, 0.3) is 0 Å². The average Bonchev–Trinajstić information content (AvgIpc) is 3.51. The number of benzene rings is 2. The molecule has 1 aliphatic heterocycles. The number of piperidine rings is 1. The SMILES string of the molecule is COc1cc2sc(CNC(=O)C3(CC(=O)O)Cc4ccccc4C3)nc2cc1S(=O)(=O)N1CCC(N(C)C)CC1. The number of ether oxygens (including phenoxy) is 1. The summed E-state index contributed by atoms with van der Waals surface area (Å²) in [5.74, 6) is -1.09. The van der Waals surface area contributed by atoms with Gasteiger partial charge >= 0.3 is 5.97 Å². The highest BCUT2D eigenvalue weighted by molar-refractivity contribution is 7.89. The van der Waals surface area contributed by atoms with E-state index in [9.17, 15) is 23.1 Å². The number of carbonyl (C=O) groups is 2. The first-order chi connectivity index (χ1) is 19.0. The molecule has 2 heterocycles. The standard InChI is InChI=1S/C28H34N4O6S2/c1-31(2)20-8-10-32(11-9-20)40(36,37)24-12-21-23(13-22(24)38-3)39-25(30-21)17-29-27(35)28(16-26(33)34)14-18-6-4-5-7-19(18)15-28/h4-7,12-13,20H,8-11,14-17H2,1-3H3,(H,29,35)(H,33,34). The summed E-state index contributed by atoms with van der Waals surface area (Å²) in [6, 6.07) is 11.2. The zero-order valence-electron chi connectivity index (χ0n) is 22.8. The van der Waals surface area contributed by atoms with E-state index in [1.807, 2.05) is 38.4 Å². The van der Waals surface area contributed by atoms with Gasteiger partial charge in [-0.15, -0.1) is 11.3 Å². The lowest BCUT2D eigenvalue weighted by Gasteiger charge is -2.34. The number of carbonyl (C=O) groups excluding carboxylic acids is 1. The van der Waals surface area contributed by atoms with Gasteiger partial charge in [0.15, 0.2) is 0 Å². The molecule has 0 radical (unpaired) electrons. The molecular formula is C28H34N4O6S2. The van der Waals surface area contributed by atoms with Gasteiger partial charge in [-0.3, -0.25) is 9.59 Å². The predicted molar refractivity (Wildman–Crippen MR) is 152 cm³/mol. The molecule has 1 fully saturated rings. The predicted octanol–water partition coefficient (Wildman–Crippen LogP) is 2.90. The van der Waals surface area contributed by atoms with Gasteiger partial charge < -0.3 is 20.1 Å². The third-order valence-electron chi connectivity index (χ3n) is 8.04. The minimum Gasteiger partial charge on any atom is -0.495 e.